The van der Waals surface area contributed by atoms with Gasteiger partial charge in [-0.2, -0.15) is 5.10 Å². The summed E-state index contributed by atoms with van der Waals surface area (Å²) in [5, 5.41) is 4.26. The van der Waals surface area contributed by atoms with Gasteiger partial charge in [0.2, 0.25) is 0 Å². The maximum atomic E-state index is 12.3. The molecule has 27 heavy (non-hydrogen) atoms. The fourth-order valence-electron chi connectivity index (χ4n) is 4.34. The van der Waals surface area contributed by atoms with E-state index in [9.17, 15) is 8.42 Å². The van der Waals surface area contributed by atoms with Gasteiger partial charge in [0.25, 0.3) is 0 Å². The Morgan fingerprint density at radius 1 is 1.07 bits per heavy atom. The fourth-order valence-corrected chi connectivity index (χ4v) is 6.38. The van der Waals surface area contributed by atoms with E-state index in [2.05, 4.69) is 46.1 Å². The SMILES string of the molecule is CCCCN1CCN(Cc2ccc(-n3cccn3)cc2)[C@@H]2CS(=O)(=O)C[C@@H]21. The highest BCUT2D eigenvalue weighted by molar-refractivity contribution is 7.91. The maximum absolute atomic E-state index is 12.3. The number of benzene rings is 1. The zero-order chi connectivity index (χ0) is 18.9. The summed E-state index contributed by atoms with van der Waals surface area (Å²) in [5.74, 6) is 0.613. The minimum atomic E-state index is -2.94. The lowest BCUT2D eigenvalue weighted by Crippen LogP contribution is -2.58. The molecule has 2 aromatic rings. The quantitative estimate of drug-likeness (QED) is 0.757. The van der Waals surface area contributed by atoms with Crippen molar-refractivity contribution in [1.29, 1.82) is 0 Å². The van der Waals surface area contributed by atoms with E-state index in [0.29, 0.717) is 11.5 Å². The Labute approximate surface area is 161 Å². The number of nitrogens with zero attached hydrogens (tertiary/aromatic N) is 4. The van der Waals surface area contributed by atoms with E-state index in [0.717, 1.165) is 44.7 Å². The fraction of sp³-hybridized carbons (Fsp3) is 0.550. The molecule has 146 valence electrons. The number of hydrogen-bond acceptors (Lipinski definition) is 5. The van der Waals surface area contributed by atoms with Crippen LogP contribution in [-0.4, -0.2) is 71.2 Å². The Morgan fingerprint density at radius 3 is 2.44 bits per heavy atom. The average Bonchev–Trinajstić information content (AvgIpc) is 3.29. The third-order valence-corrected chi connectivity index (χ3v) is 7.49. The van der Waals surface area contributed by atoms with E-state index in [-0.39, 0.29) is 12.1 Å². The second kappa shape index (κ2) is 7.73. The van der Waals surface area contributed by atoms with Gasteiger partial charge in [0.1, 0.15) is 0 Å². The van der Waals surface area contributed by atoms with Crippen molar-refractivity contribution >= 4 is 9.84 Å². The Bertz CT molecular complexity index is 849. The zero-order valence-electron chi connectivity index (χ0n) is 15.9. The lowest BCUT2D eigenvalue weighted by Gasteiger charge is -2.44. The molecule has 7 heteroatoms. The molecule has 0 radical (unpaired) electrons. The van der Waals surface area contributed by atoms with Crippen molar-refractivity contribution in [3.8, 4) is 5.69 Å². The second-order valence-electron chi connectivity index (χ2n) is 7.69. The minimum absolute atomic E-state index is 0.117. The van der Waals surface area contributed by atoms with Crippen molar-refractivity contribution < 1.29 is 8.42 Å². The number of unbranched alkanes of at least 4 members (excludes halogenated alkanes) is 1. The molecule has 0 unspecified atom stereocenters. The first-order valence-electron chi connectivity index (χ1n) is 9.83. The second-order valence-corrected chi connectivity index (χ2v) is 9.84. The van der Waals surface area contributed by atoms with Crippen molar-refractivity contribution in [2.24, 2.45) is 0 Å². The third-order valence-electron chi connectivity index (χ3n) is 5.80. The van der Waals surface area contributed by atoms with Crippen LogP contribution in [0.15, 0.2) is 42.7 Å². The number of rotatable bonds is 6. The molecule has 2 fully saturated rings. The predicted molar refractivity (Wildman–Crippen MR) is 107 cm³/mol. The van der Waals surface area contributed by atoms with Crippen molar-refractivity contribution in [2.75, 3.05) is 31.1 Å². The van der Waals surface area contributed by atoms with Crippen LogP contribution in [0.3, 0.4) is 0 Å². The van der Waals surface area contributed by atoms with E-state index in [1.807, 2.05) is 16.9 Å². The zero-order valence-corrected chi connectivity index (χ0v) is 16.7. The minimum Gasteiger partial charge on any atom is -0.297 e. The van der Waals surface area contributed by atoms with Crippen LogP contribution in [0.1, 0.15) is 25.3 Å². The number of aromatic nitrogens is 2. The summed E-state index contributed by atoms with van der Waals surface area (Å²) in [6.45, 7) is 5.90. The molecule has 2 aliphatic rings. The molecule has 2 atom stereocenters. The van der Waals surface area contributed by atoms with Gasteiger partial charge in [-0.25, -0.2) is 13.1 Å². The number of piperazine rings is 1. The number of fused-ring (bicyclic) bond motifs is 1. The molecule has 0 aliphatic carbocycles. The molecule has 1 aromatic heterocycles. The lowest BCUT2D eigenvalue weighted by atomic mass is 10.0. The van der Waals surface area contributed by atoms with E-state index in [1.165, 1.54) is 5.56 Å². The van der Waals surface area contributed by atoms with Crippen LogP contribution < -0.4 is 0 Å². The molecule has 6 nitrogen and oxygen atoms in total. The van der Waals surface area contributed by atoms with Gasteiger partial charge in [-0.1, -0.05) is 25.5 Å². The van der Waals surface area contributed by atoms with Crippen LogP contribution in [0, 0.1) is 0 Å². The summed E-state index contributed by atoms with van der Waals surface area (Å²) in [4.78, 5) is 4.79. The molecule has 2 aliphatic heterocycles. The monoisotopic (exact) mass is 388 g/mol. The summed E-state index contributed by atoms with van der Waals surface area (Å²) in [7, 11) is -2.94. The summed E-state index contributed by atoms with van der Waals surface area (Å²) in [5.41, 5.74) is 2.26. The molecule has 0 bridgehead atoms. The van der Waals surface area contributed by atoms with Crippen LogP contribution in [0.4, 0.5) is 0 Å². The average molecular weight is 389 g/mol. The standard InChI is InChI=1S/C20H28N4O2S/c1-2-3-10-22-12-13-23(20-16-27(25,26)15-19(20)22)14-17-5-7-18(8-6-17)24-11-4-9-21-24/h4-9,11,19-20H,2-3,10,12-16H2,1H3/t19-,20+/m0/s1. The van der Waals surface area contributed by atoms with Gasteiger partial charge in [-0.3, -0.25) is 9.80 Å². The Morgan fingerprint density at radius 2 is 1.78 bits per heavy atom. The summed E-state index contributed by atoms with van der Waals surface area (Å²) in [6.07, 6.45) is 5.98. The van der Waals surface area contributed by atoms with Crippen LogP contribution in [0.2, 0.25) is 0 Å². The number of hydrogen-bond donors (Lipinski definition) is 0. The predicted octanol–water partition coefficient (Wildman–Crippen LogP) is 1.96. The Kier molecular flexibility index (Phi) is 5.34. The third kappa shape index (κ3) is 4.10. The molecule has 1 aromatic carbocycles. The van der Waals surface area contributed by atoms with Crippen molar-refractivity contribution in [2.45, 2.75) is 38.4 Å². The highest BCUT2D eigenvalue weighted by Gasteiger charge is 2.46. The smallest absolute Gasteiger partial charge is 0.153 e. The van der Waals surface area contributed by atoms with Gasteiger partial charge in [0.15, 0.2) is 9.84 Å². The van der Waals surface area contributed by atoms with Crippen molar-refractivity contribution in [3.63, 3.8) is 0 Å². The largest absolute Gasteiger partial charge is 0.297 e. The highest BCUT2D eigenvalue weighted by Crippen LogP contribution is 2.28. The molecule has 3 heterocycles. The van der Waals surface area contributed by atoms with Crippen molar-refractivity contribution in [1.82, 2.24) is 19.6 Å². The molecule has 0 saturated carbocycles. The summed E-state index contributed by atoms with van der Waals surface area (Å²) in [6, 6.07) is 10.6. The maximum Gasteiger partial charge on any atom is 0.153 e. The van der Waals surface area contributed by atoms with Crippen LogP contribution in [0.5, 0.6) is 0 Å². The number of sulfone groups is 1. The molecular formula is C20H28N4O2S. The van der Waals surface area contributed by atoms with E-state index in [1.54, 1.807) is 6.20 Å². The topological polar surface area (TPSA) is 58.4 Å². The van der Waals surface area contributed by atoms with Gasteiger partial charge in [-0.05, 0) is 36.7 Å². The lowest BCUT2D eigenvalue weighted by molar-refractivity contribution is 0.0397. The molecule has 0 spiro atoms. The molecule has 4 rings (SSSR count). The van der Waals surface area contributed by atoms with Crippen LogP contribution in [0.25, 0.3) is 5.69 Å². The van der Waals surface area contributed by atoms with Crippen molar-refractivity contribution in [3.05, 3.63) is 48.3 Å². The Balaban J connectivity index is 1.47. The first kappa shape index (κ1) is 18.7. The molecule has 0 N–H and O–H groups in total. The van der Waals surface area contributed by atoms with E-state index < -0.39 is 9.84 Å². The van der Waals surface area contributed by atoms with Crippen LogP contribution >= 0.6 is 0 Å². The van der Waals surface area contributed by atoms with Gasteiger partial charge in [0.05, 0.1) is 17.2 Å². The normalized spacial score (nSPS) is 25.5. The van der Waals surface area contributed by atoms with E-state index in [4.69, 9.17) is 0 Å². The first-order chi connectivity index (χ1) is 13.1. The Hall–Kier alpha value is -1.70. The molecule has 0 amide bonds. The van der Waals surface area contributed by atoms with Gasteiger partial charge < -0.3 is 0 Å². The van der Waals surface area contributed by atoms with E-state index >= 15 is 0 Å². The molecule has 2 saturated heterocycles. The van der Waals surface area contributed by atoms with Gasteiger partial charge in [-0.15, -0.1) is 0 Å². The molecular weight excluding hydrogens is 360 g/mol. The van der Waals surface area contributed by atoms with Gasteiger partial charge in [0, 0.05) is 44.1 Å². The van der Waals surface area contributed by atoms with Crippen LogP contribution in [-0.2, 0) is 16.4 Å². The highest BCUT2D eigenvalue weighted by atomic mass is 32.2. The first-order valence-corrected chi connectivity index (χ1v) is 11.7. The van der Waals surface area contributed by atoms with Gasteiger partial charge >= 0.3 is 0 Å². The summed E-state index contributed by atoms with van der Waals surface area (Å²) >= 11 is 0. The summed E-state index contributed by atoms with van der Waals surface area (Å²) < 4.78 is 26.5.